The van der Waals surface area contributed by atoms with Crippen molar-refractivity contribution in [2.24, 2.45) is 7.05 Å². The van der Waals surface area contributed by atoms with Crippen LogP contribution >= 0.6 is 0 Å². The molecular weight excluding hydrogens is 308 g/mol. The van der Waals surface area contributed by atoms with E-state index in [4.69, 9.17) is 9.97 Å². The van der Waals surface area contributed by atoms with Crippen molar-refractivity contribution >= 4 is 11.0 Å². The Bertz CT molecular complexity index is 1030. The Labute approximate surface area is 147 Å². The van der Waals surface area contributed by atoms with Crippen LogP contribution in [-0.4, -0.2) is 19.5 Å². The third-order valence-corrected chi connectivity index (χ3v) is 4.50. The number of aryl methyl sites for hydroxylation is 4. The van der Waals surface area contributed by atoms with Crippen molar-refractivity contribution < 1.29 is 0 Å². The first-order valence-electron chi connectivity index (χ1n) is 8.49. The second-order valence-electron chi connectivity index (χ2n) is 6.32. The van der Waals surface area contributed by atoms with Gasteiger partial charge < -0.3 is 4.57 Å². The summed E-state index contributed by atoms with van der Waals surface area (Å²) >= 11 is 0. The van der Waals surface area contributed by atoms with Gasteiger partial charge in [-0.1, -0.05) is 36.4 Å². The lowest BCUT2D eigenvalue weighted by molar-refractivity contribution is 0.762. The standard InChI is InChI=1S/C21H20N4/c1-15-7-3-4-8-17(15)20-14-25(2)21(24-20)12-11-16-13-22-18-9-5-6-10-19(18)23-16/h3-10,13-14H,11-12H2,1-2H3. The average molecular weight is 328 g/mol. The van der Waals surface area contributed by atoms with Crippen molar-refractivity contribution in [1.29, 1.82) is 0 Å². The van der Waals surface area contributed by atoms with Crippen molar-refractivity contribution in [3.05, 3.63) is 78.0 Å². The van der Waals surface area contributed by atoms with Gasteiger partial charge in [0.2, 0.25) is 0 Å². The summed E-state index contributed by atoms with van der Waals surface area (Å²) in [6, 6.07) is 16.3. The Hall–Kier alpha value is -3.01. The molecule has 0 saturated carbocycles. The fraction of sp³-hybridized carbons (Fsp3) is 0.190. The highest BCUT2D eigenvalue weighted by Crippen LogP contribution is 2.22. The molecular formula is C21H20N4. The molecule has 4 rings (SSSR count). The summed E-state index contributed by atoms with van der Waals surface area (Å²) in [6.07, 6.45) is 5.64. The van der Waals surface area contributed by atoms with E-state index >= 15 is 0 Å². The molecule has 0 aliphatic carbocycles. The number of hydrogen-bond acceptors (Lipinski definition) is 3. The number of benzene rings is 2. The van der Waals surface area contributed by atoms with E-state index in [1.165, 1.54) is 11.1 Å². The summed E-state index contributed by atoms with van der Waals surface area (Å²) in [4.78, 5) is 14.0. The third kappa shape index (κ3) is 3.15. The van der Waals surface area contributed by atoms with E-state index in [1.54, 1.807) is 0 Å². The molecule has 2 aromatic heterocycles. The van der Waals surface area contributed by atoms with Gasteiger partial charge in [-0.25, -0.2) is 9.97 Å². The molecule has 0 atom stereocenters. The van der Waals surface area contributed by atoms with Crippen LogP contribution in [0.25, 0.3) is 22.3 Å². The van der Waals surface area contributed by atoms with E-state index in [1.807, 2.05) is 30.5 Å². The normalized spacial score (nSPS) is 11.1. The summed E-state index contributed by atoms with van der Waals surface area (Å²) in [6.45, 7) is 2.12. The third-order valence-electron chi connectivity index (χ3n) is 4.50. The molecule has 0 saturated heterocycles. The lowest BCUT2D eigenvalue weighted by Gasteiger charge is -2.03. The molecule has 0 unspecified atom stereocenters. The maximum absolute atomic E-state index is 4.83. The van der Waals surface area contributed by atoms with Crippen LogP contribution in [0.15, 0.2) is 60.9 Å². The lowest BCUT2D eigenvalue weighted by Crippen LogP contribution is -2.02. The zero-order valence-corrected chi connectivity index (χ0v) is 14.5. The van der Waals surface area contributed by atoms with Crippen LogP contribution in [0, 0.1) is 6.92 Å². The molecule has 0 aliphatic heterocycles. The zero-order chi connectivity index (χ0) is 17.2. The van der Waals surface area contributed by atoms with Crippen molar-refractivity contribution in [3.8, 4) is 11.3 Å². The van der Waals surface area contributed by atoms with Gasteiger partial charge in [0.05, 0.1) is 22.4 Å². The molecule has 0 fully saturated rings. The number of hydrogen-bond donors (Lipinski definition) is 0. The van der Waals surface area contributed by atoms with E-state index in [2.05, 4.69) is 54.0 Å². The first-order chi connectivity index (χ1) is 12.2. The fourth-order valence-corrected chi connectivity index (χ4v) is 3.08. The summed E-state index contributed by atoms with van der Waals surface area (Å²) in [5.41, 5.74) is 6.34. The van der Waals surface area contributed by atoms with Gasteiger partial charge in [0.15, 0.2) is 0 Å². The molecule has 0 bridgehead atoms. The number of aromatic nitrogens is 4. The van der Waals surface area contributed by atoms with Crippen LogP contribution in [0.5, 0.6) is 0 Å². The SMILES string of the molecule is Cc1ccccc1-c1cn(C)c(CCc2cnc3ccccc3n2)n1. The fourth-order valence-electron chi connectivity index (χ4n) is 3.08. The highest BCUT2D eigenvalue weighted by molar-refractivity contribution is 5.73. The van der Waals surface area contributed by atoms with E-state index < -0.39 is 0 Å². The highest BCUT2D eigenvalue weighted by atomic mass is 15.0. The smallest absolute Gasteiger partial charge is 0.109 e. The number of para-hydroxylation sites is 2. The summed E-state index contributed by atoms with van der Waals surface area (Å²) in [7, 11) is 2.05. The molecule has 0 spiro atoms. The quantitative estimate of drug-likeness (QED) is 0.566. The molecule has 124 valence electrons. The van der Waals surface area contributed by atoms with Crippen LogP contribution in [0.4, 0.5) is 0 Å². The van der Waals surface area contributed by atoms with Gasteiger partial charge in [0.1, 0.15) is 5.82 Å². The number of nitrogens with zero attached hydrogens (tertiary/aromatic N) is 4. The second-order valence-corrected chi connectivity index (χ2v) is 6.32. The van der Waals surface area contributed by atoms with Crippen LogP contribution in [-0.2, 0) is 19.9 Å². The average Bonchev–Trinajstić information content (AvgIpc) is 3.00. The molecule has 2 aromatic carbocycles. The van der Waals surface area contributed by atoms with E-state index in [-0.39, 0.29) is 0 Å². The molecule has 0 N–H and O–H groups in total. The van der Waals surface area contributed by atoms with Gasteiger partial charge in [-0.2, -0.15) is 0 Å². The van der Waals surface area contributed by atoms with Gasteiger partial charge in [-0.15, -0.1) is 0 Å². The Morgan fingerprint density at radius 3 is 2.48 bits per heavy atom. The molecule has 0 amide bonds. The molecule has 0 radical (unpaired) electrons. The first kappa shape index (κ1) is 15.5. The molecule has 4 heteroatoms. The predicted molar refractivity (Wildman–Crippen MR) is 100 cm³/mol. The Morgan fingerprint density at radius 1 is 0.880 bits per heavy atom. The van der Waals surface area contributed by atoms with Crippen LogP contribution in [0.3, 0.4) is 0 Å². The maximum Gasteiger partial charge on any atom is 0.109 e. The largest absolute Gasteiger partial charge is 0.337 e. The van der Waals surface area contributed by atoms with E-state index in [9.17, 15) is 0 Å². The Balaban J connectivity index is 1.55. The monoisotopic (exact) mass is 328 g/mol. The molecule has 4 nitrogen and oxygen atoms in total. The minimum atomic E-state index is 0.829. The summed E-state index contributed by atoms with van der Waals surface area (Å²) in [5, 5.41) is 0. The molecule has 25 heavy (non-hydrogen) atoms. The predicted octanol–water partition coefficient (Wildman–Crippen LogP) is 4.12. The minimum absolute atomic E-state index is 0.829. The Morgan fingerprint density at radius 2 is 1.64 bits per heavy atom. The summed E-state index contributed by atoms with van der Waals surface area (Å²) in [5.74, 6) is 1.06. The number of fused-ring (bicyclic) bond motifs is 1. The maximum atomic E-state index is 4.83. The van der Waals surface area contributed by atoms with E-state index in [0.717, 1.165) is 41.1 Å². The van der Waals surface area contributed by atoms with Gasteiger partial charge in [0.25, 0.3) is 0 Å². The highest BCUT2D eigenvalue weighted by Gasteiger charge is 2.10. The van der Waals surface area contributed by atoms with Gasteiger partial charge in [0, 0.05) is 31.4 Å². The number of rotatable bonds is 4. The zero-order valence-electron chi connectivity index (χ0n) is 14.5. The van der Waals surface area contributed by atoms with Gasteiger partial charge in [-0.3, -0.25) is 4.98 Å². The van der Waals surface area contributed by atoms with Crippen LogP contribution in [0.2, 0.25) is 0 Å². The lowest BCUT2D eigenvalue weighted by atomic mass is 10.1. The van der Waals surface area contributed by atoms with Crippen molar-refractivity contribution in [1.82, 2.24) is 19.5 Å². The number of imidazole rings is 1. The van der Waals surface area contributed by atoms with Crippen LogP contribution in [0.1, 0.15) is 17.1 Å². The van der Waals surface area contributed by atoms with Crippen molar-refractivity contribution in [2.75, 3.05) is 0 Å². The minimum Gasteiger partial charge on any atom is -0.337 e. The first-order valence-corrected chi connectivity index (χ1v) is 8.49. The summed E-state index contributed by atoms with van der Waals surface area (Å²) < 4.78 is 2.11. The molecule has 0 aliphatic rings. The van der Waals surface area contributed by atoms with Crippen molar-refractivity contribution in [3.63, 3.8) is 0 Å². The Kier molecular flexibility index (Phi) is 4.02. The molecule has 4 aromatic rings. The molecule has 2 heterocycles. The van der Waals surface area contributed by atoms with Crippen molar-refractivity contribution in [2.45, 2.75) is 19.8 Å². The van der Waals surface area contributed by atoms with E-state index in [0.29, 0.717) is 0 Å². The van der Waals surface area contributed by atoms with Crippen LogP contribution < -0.4 is 0 Å². The van der Waals surface area contributed by atoms with Gasteiger partial charge >= 0.3 is 0 Å². The topological polar surface area (TPSA) is 43.6 Å². The van der Waals surface area contributed by atoms with Gasteiger partial charge in [-0.05, 0) is 31.0 Å². The second kappa shape index (κ2) is 6.48.